The van der Waals surface area contributed by atoms with Gasteiger partial charge in [-0.25, -0.2) is 9.59 Å². The van der Waals surface area contributed by atoms with Crippen LogP contribution in [-0.4, -0.2) is 57.5 Å². The number of carbonyl (C=O) groups is 2. The monoisotopic (exact) mass is 354 g/mol. The van der Waals surface area contributed by atoms with Crippen LogP contribution in [0.3, 0.4) is 0 Å². The number of hydrogen-bond acceptors (Lipinski definition) is 4. The lowest BCUT2D eigenvalue weighted by atomic mass is 9.76. The van der Waals surface area contributed by atoms with Gasteiger partial charge in [0.15, 0.2) is 0 Å². The first-order valence-electron chi connectivity index (χ1n) is 8.79. The molecule has 0 unspecified atom stereocenters. The third-order valence-corrected chi connectivity index (χ3v) is 6.12. The van der Waals surface area contributed by atoms with Gasteiger partial charge >= 0.3 is 45.4 Å². The lowest BCUT2D eigenvalue weighted by molar-refractivity contribution is 0.177. The maximum atomic E-state index is 11.3. The second-order valence-corrected chi connectivity index (χ2v) is 7.76. The first-order chi connectivity index (χ1) is 11.1. The first-order valence-corrected chi connectivity index (χ1v) is 10.4. The van der Waals surface area contributed by atoms with Crippen molar-refractivity contribution in [1.29, 1.82) is 0 Å². The molecule has 2 N–H and O–H groups in total. The van der Waals surface area contributed by atoms with E-state index < -0.39 is 0 Å². The van der Waals surface area contributed by atoms with Crippen molar-refractivity contribution in [1.82, 2.24) is 10.6 Å². The molecule has 8 heteroatoms. The molecule has 0 aliphatic heterocycles. The van der Waals surface area contributed by atoms with Gasteiger partial charge in [0.1, 0.15) is 0 Å². The highest BCUT2D eigenvalue weighted by molar-refractivity contribution is 6.05. The van der Waals surface area contributed by atoms with Gasteiger partial charge in [-0.05, 0) is 69.6 Å². The van der Waals surface area contributed by atoms with Crippen molar-refractivity contribution >= 4 is 45.4 Å². The van der Waals surface area contributed by atoms with Gasteiger partial charge < -0.3 is 18.2 Å². The Labute approximate surface area is 154 Å². The third-order valence-electron chi connectivity index (χ3n) is 5.37. The molecule has 2 fully saturated rings. The molecule has 0 radical (unpaired) electrons. The summed E-state index contributed by atoms with van der Waals surface area (Å²) in [6.07, 6.45) is 9.92. The predicted octanol–water partition coefficient (Wildman–Crippen LogP) is 1.04. The van der Waals surface area contributed by atoms with Crippen LogP contribution in [-0.2, 0) is 7.58 Å². The van der Waals surface area contributed by atoms with Crippen molar-refractivity contribution in [3.63, 3.8) is 0 Å². The quantitative estimate of drug-likeness (QED) is 0.740. The fourth-order valence-corrected chi connectivity index (χ4v) is 4.24. The summed E-state index contributed by atoms with van der Waals surface area (Å²) in [6.45, 7) is 0. The van der Waals surface area contributed by atoms with Gasteiger partial charge in [0.2, 0.25) is 0 Å². The molecule has 0 saturated heterocycles. The van der Waals surface area contributed by atoms with Crippen molar-refractivity contribution in [3.8, 4) is 0 Å². The number of amides is 2. The number of nitrogens with one attached hydrogen (secondary N) is 2. The highest BCUT2D eigenvalue weighted by atomic mass is 27.1. The highest BCUT2D eigenvalue weighted by Gasteiger charge is 2.27. The number of hydrogen-bond donors (Lipinski definition) is 2. The largest absolute Gasteiger partial charge is 0.606 e. The van der Waals surface area contributed by atoms with Crippen LogP contribution in [0.25, 0.3) is 0 Å². The van der Waals surface area contributed by atoms with Crippen molar-refractivity contribution in [3.05, 3.63) is 0 Å². The average Bonchev–Trinajstić information content (AvgIpc) is 2.58. The van der Waals surface area contributed by atoms with Crippen LogP contribution in [0, 0.1) is 11.8 Å². The van der Waals surface area contributed by atoms with E-state index in [1.165, 1.54) is 32.1 Å². The van der Waals surface area contributed by atoms with Gasteiger partial charge in [0.25, 0.3) is 0 Å². The molecule has 0 aromatic carbocycles. The Morgan fingerprint density at radius 3 is 1.39 bits per heavy atom. The average molecular weight is 354 g/mol. The van der Waals surface area contributed by atoms with Gasteiger partial charge in [-0.15, -0.1) is 0 Å². The maximum absolute atomic E-state index is 11.3. The topological polar surface area (TPSA) is 76.7 Å². The summed E-state index contributed by atoms with van der Waals surface area (Å²) < 4.78 is 9.60. The van der Waals surface area contributed by atoms with Crippen LogP contribution in [0.15, 0.2) is 0 Å². The fourth-order valence-electron chi connectivity index (χ4n) is 4.01. The lowest BCUT2D eigenvalue weighted by Crippen LogP contribution is -2.39. The minimum Gasteiger partial charge on any atom is -0.606 e. The maximum Gasteiger partial charge on any atom is 0.501 e. The molecule has 2 amide bonds. The molecular formula is C15H28Al2N2O4. The molecule has 2 aliphatic rings. The van der Waals surface area contributed by atoms with Crippen LogP contribution in [0.1, 0.15) is 57.8 Å². The predicted molar refractivity (Wildman–Crippen MR) is 92.4 cm³/mol. The van der Waals surface area contributed by atoms with E-state index in [1.54, 1.807) is 0 Å². The third kappa shape index (κ3) is 6.55. The van der Waals surface area contributed by atoms with Crippen molar-refractivity contribution in [2.75, 3.05) is 0 Å². The minimum atomic E-state index is -0.251. The SMILES string of the molecule is O=C(NC1CCC(CC2CCC(NC(=O)[O][AlH2])CC2)CC1)[O][AlH2]. The molecule has 0 heterocycles. The van der Waals surface area contributed by atoms with Gasteiger partial charge in [-0.2, -0.15) is 0 Å². The molecule has 0 aromatic heterocycles. The van der Waals surface area contributed by atoms with Crippen LogP contribution >= 0.6 is 0 Å². The van der Waals surface area contributed by atoms with Crippen molar-refractivity contribution < 1.29 is 17.2 Å². The number of rotatable bonds is 4. The Morgan fingerprint density at radius 2 is 1.09 bits per heavy atom. The summed E-state index contributed by atoms with van der Waals surface area (Å²) in [6, 6.07) is 0.604. The molecule has 6 nitrogen and oxygen atoms in total. The Hall–Kier alpha value is -0.395. The van der Waals surface area contributed by atoms with Crippen LogP contribution in [0.4, 0.5) is 9.59 Å². The van der Waals surface area contributed by atoms with Crippen LogP contribution < -0.4 is 10.6 Å². The van der Waals surface area contributed by atoms with Crippen molar-refractivity contribution in [2.45, 2.75) is 69.9 Å². The molecule has 2 rings (SSSR count). The highest BCUT2D eigenvalue weighted by Crippen LogP contribution is 2.35. The minimum absolute atomic E-state index is 0.251. The normalized spacial score (nSPS) is 31.0. The van der Waals surface area contributed by atoms with Gasteiger partial charge in [0.05, 0.1) is 0 Å². The Bertz CT molecular complexity index is 359. The smallest absolute Gasteiger partial charge is 0.501 e. The van der Waals surface area contributed by atoms with Gasteiger partial charge in [-0.1, -0.05) is 0 Å². The Kier molecular flexibility index (Phi) is 8.06. The molecule has 0 spiro atoms. The van der Waals surface area contributed by atoms with E-state index in [0.29, 0.717) is 45.3 Å². The van der Waals surface area contributed by atoms with E-state index in [-0.39, 0.29) is 12.2 Å². The zero-order valence-corrected chi connectivity index (χ0v) is 18.3. The summed E-state index contributed by atoms with van der Waals surface area (Å²) in [4.78, 5) is 22.5. The molecule has 23 heavy (non-hydrogen) atoms. The lowest BCUT2D eigenvalue weighted by Gasteiger charge is -2.34. The fraction of sp³-hybridized carbons (Fsp3) is 0.867. The first kappa shape index (κ1) is 18.9. The molecular weight excluding hydrogens is 326 g/mol. The summed E-state index contributed by atoms with van der Waals surface area (Å²) in [5, 5.41) is 5.89. The summed E-state index contributed by atoms with van der Waals surface area (Å²) in [5.74, 6) is 1.59. The standard InChI is InChI=1S/C15H26N2O4.2Al.4H/c18-14(19)16-12-5-1-10(2-6-12)9-11-3-7-13(8-4-11)17-15(20)21;;;;;;/h10-13,16-17H,1-9H2,(H,18,19)(H,20,21);;;;;;/q;2*+1;;;;/p-2. The summed E-state index contributed by atoms with van der Waals surface area (Å²) in [7, 11) is 0. The van der Waals surface area contributed by atoms with Crippen molar-refractivity contribution in [2.24, 2.45) is 11.8 Å². The van der Waals surface area contributed by atoms with Gasteiger partial charge in [0, 0.05) is 12.1 Å². The van der Waals surface area contributed by atoms with Gasteiger partial charge in [-0.3, -0.25) is 0 Å². The zero-order chi connectivity index (χ0) is 16.7. The van der Waals surface area contributed by atoms with E-state index >= 15 is 0 Å². The van der Waals surface area contributed by atoms with Crippen LogP contribution in [0.5, 0.6) is 0 Å². The summed E-state index contributed by atoms with van der Waals surface area (Å²) >= 11 is 0.914. The molecule has 2 saturated carbocycles. The van der Waals surface area contributed by atoms with E-state index in [1.807, 2.05) is 0 Å². The molecule has 0 aromatic rings. The zero-order valence-electron chi connectivity index (χ0n) is 14.3. The second kappa shape index (κ2) is 9.79. The Morgan fingerprint density at radius 1 is 0.739 bits per heavy atom. The van der Waals surface area contributed by atoms with Crippen LogP contribution in [0.2, 0.25) is 0 Å². The molecule has 128 valence electrons. The van der Waals surface area contributed by atoms with E-state index in [0.717, 1.165) is 37.5 Å². The van der Waals surface area contributed by atoms with E-state index in [4.69, 9.17) is 7.58 Å². The summed E-state index contributed by atoms with van der Waals surface area (Å²) in [5.41, 5.74) is 0. The number of carbonyl (C=O) groups excluding carboxylic acids is 2. The molecule has 2 aliphatic carbocycles. The van der Waals surface area contributed by atoms with E-state index in [9.17, 15) is 9.59 Å². The molecule has 0 bridgehead atoms. The second-order valence-electron chi connectivity index (χ2n) is 6.94. The van der Waals surface area contributed by atoms with E-state index in [2.05, 4.69) is 10.6 Å². The molecule has 0 atom stereocenters. The Balaban J connectivity index is 1.62.